The number of carbonyl (C=O) groups excluding carboxylic acids is 1. The molecule has 0 aliphatic rings. The van der Waals surface area contributed by atoms with Gasteiger partial charge in [-0.25, -0.2) is 4.57 Å². The van der Waals surface area contributed by atoms with E-state index in [0.717, 1.165) is 51.4 Å². The fourth-order valence-corrected chi connectivity index (χ4v) is 7.40. The second-order valence-electron chi connectivity index (χ2n) is 15.3. The van der Waals surface area contributed by atoms with Gasteiger partial charge in [-0.1, -0.05) is 192 Å². The number of nitrogens with two attached hydrogens (primary N) is 1. The minimum atomic E-state index is -4.32. The quantitative estimate of drug-likeness (QED) is 0.0276. The van der Waals surface area contributed by atoms with E-state index < -0.39 is 20.0 Å². The molecule has 0 radical (unpaired) electrons. The van der Waals surface area contributed by atoms with Crippen LogP contribution in [0, 0.1) is 0 Å². The molecule has 5 N–H and O–H groups in total. The first kappa shape index (κ1) is 52.0. The van der Waals surface area contributed by atoms with Crippen molar-refractivity contribution in [1.82, 2.24) is 5.32 Å². The standard InChI is InChI=1S/C44H87N2O6P/c1-3-5-7-9-11-13-15-17-19-21-23-25-27-29-31-33-35-37-43(47)42(41-52-53(49,50)51-40-39-45)46-44(48)38-36-34-32-30-28-26-24-22-20-18-16-14-12-10-8-6-4-2/h12,14,18,20,42-43,47H,3-11,13,15-17,19,21-41,45H2,1-2H3,(H,46,48)(H,49,50)/b14-12-,20-18-. The van der Waals surface area contributed by atoms with E-state index in [1.807, 2.05) is 0 Å². The van der Waals surface area contributed by atoms with E-state index in [2.05, 4.69) is 43.5 Å². The highest BCUT2D eigenvalue weighted by Crippen LogP contribution is 2.43. The van der Waals surface area contributed by atoms with Crippen LogP contribution in [0.2, 0.25) is 0 Å². The Kier molecular flexibility index (Phi) is 39.9. The fraction of sp³-hybridized carbons (Fsp3) is 0.886. The topological polar surface area (TPSA) is 131 Å². The van der Waals surface area contributed by atoms with Gasteiger partial charge in [0.05, 0.1) is 25.4 Å². The molecule has 3 unspecified atom stereocenters. The van der Waals surface area contributed by atoms with Gasteiger partial charge < -0.3 is 21.1 Å². The summed E-state index contributed by atoms with van der Waals surface area (Å²) in [5, 5.41) is 13.8. The maximum absolute atomic E-state index is 12.8. The van der Waals surface area contributed by atoms with Crippen LogP contribution in [0.25, 0.3) is 0 Å². The van der Waals surface area contributed by atoms with E-state index >= 15 is 0 Å². The molecule has 0 saturated heterocycles. The molecule has 0 heterocycles. The molecule has 0 aliphatic carbocycles. The molecule has 1 amide bonds. The van der Waals surface area contributed by atoms with Gasteiger partial charge >= 0.3 is 7.82 Å². The van der Waals surface area contributed by atoms with Gasteiger partial charge in [-0.3, -0.25) is 13.8 Å². The highest BCUT2D eigenvalue weighted by Gasteiger charge is 2.27. The predicted molar refractivity (Wildman–Crippen MR) is 226 cm³/mol. The van der Waals surface area contributed by atoms with Crippen LogP contribution in [0.4, 0.5) is 0 Å². The summed E-state index contributed by atoms with van der Waals surface area (Å²) in [6, 6.07) is -0.777. The smallest absolute Gasteiger partial charge is 0.391 e. The number of phosphoric ester groups is 1. The van der Waals surface area contributed by atoms with Crippen LogP contribution in [-0.4, -0.2) is 47.8 Å². The molecule has 314 valence electrons. The van der Waals surface area contributed by atoms with E-state index in [-0.39, 0.29) is 25.7 Å². The lowest BCUT2D eigenvalue weighted by Crippen LogP contribution is -2.46. The number of unbranched alkanes of at least 4 members (excludes halogenated alkanes) is 26. The number of aliphatic hydroxyl groups is 1. The number of hydrogen-bond donors (Lipinski definition) is 4. The molecule has 0 rings (SSSR count). The third-order valence-electron chi connectivity index (χ3n) is 10.1. The molecule has 0 aromatic heterocycles. The Bertz CT molecular complexity index is 886. The van der Waals surface area contributed by atoms with Crippen molar-refractivity contribution in [2.24, 2.45) is 5.73 Å². The van der Waals surface area contributed by atoms with Gasteiger partial charge in [0, 0.05) is 13.0 Å². The SMILES string of the molecule is CCCCC/C=C\C/C=C\CCCCCCCCCC(=O)NC(COP(=O)(O)OCCN)C(O)CCCCCCCCCCCCCCCCCCC. The lowest BCUT2D eigenvalue weighted by Gasteiger charge is -2.25. The van der Waals surface area contributed by atoms with Crippen molar-refractivity contribution < 1.29 is 28.4 Å². The van der Waals surface area contributed by atoms with Crippen molar-refractivity contribution in [3.8, 4) is 0 Å². The molecule has 0 aromatic rings. The lowest BCUT2D eigenvalue weighted by atomic mass is 10.0. The molecule has 9 heteroatoms. The largest absolute Gasteiger partial charge is 0.472 e. The van der Waals surface area contributed by atoms with Crippen LogP contribution in [0.1, 0.15) is 219 Å². The summed E-state index contributed by atoms with van der Waals surface area (Å²) in [7, 11) is -4.32. The second-order valence-corrected chi connectivity index (χ2v) is 16.7. The van der Waals surface area contributed by atoms with Crippen LogP contribution in [-0.2, 0) is 18.4 Å². The Hall–Kier alpha value is -1.02. The molecule has 3 atom stereocenters. The number of phosphoric acid groups is 1. The summed E-state index contributed by atoms with van der Waals surface area (Å²) in [5.41, 5.74) is 5.38. The summed E-state index contributed by atoms with van der Waals surface area (Å²) >= 11 is 0. The minimum absolute atomic E-state index is 0.0880. The Morgan fingerprint density at radius 2 is 1.04 bits per heavy atom. The van der Waals surface area contributed by atoms with E-state index in [0.29, 0.717) is 12.8 Å². The monoisotopic (exact) mass is 771 g/mol. The third kappa shape index (κ3) is 39.0. The van der Waals surface area contributed by atoms with Crippen LogP contribution in [0.5, 0.6) is 0 Å². The number of carbonyl (C=O) groups is 1. The number of nitrogens with one attached hydrogen (secondary N) is 1. The second kappa shape index (κ2) is 40.6. The van der Waals surface area contributed by atoms with Crippen molar-refractivity contribution in [2.45, 2.75) is 231 Å². The van der Waals surface area contributed by atoms with Crippen molar-refractivity contribution in [3.05, 3.63) is 24.3 Å². The lowest BCUT2D eigenvalue weighted by molar-refractivity contribution is -0.123. The third-order valence-corrected chi connectivity index (χ3v) is 11.0. The maximum atomic E-state index is 12.8. The zero-order valence-electron chi connectivity index (χ0n) is 34.8. The van der Waals surface area contributed by atoms with Gasteiger partial charge in [0.15, 0.2) is 0 Å². The Morgan fingerprint density at radius 1 is 0.623 bits per heavy atom. The van der Waals surface area contributed by atoms with Crippen molar-refractivity contribution in [1.29, 1.82) is 0 Å². The molecule has 0 saturated carbocycles. The normalized spacial score (nSPS) is 14.3. The number of rotatable bonds is 42. The van der Waals surface area contributed by atoms with Gasteiger partial charge in [-0.15, -0.1) is 0 Å². The first-order valence-corrected chi connectivity index (χ1v) is 23.9. The Morgan fingerprint density at radius 3 is 1.53 bits per heavy atom. The summed E-state index contributed by atoms with van der Waals surface area (Å²) in [6.45, 7) is 4.19. The van der Waals surface area contributed by atoms with E-state index in [1.54, 1.807) is 0 Å². The van der Waals surface area contributed by atoms with Crippen LogP contribution in [0.15, 0.2) is 24.3 Å². The minimum Gasteiger partial charge on any atom is -0.391 e. The van der Waals surface area contributed by atoms with Crippen molar-refractivity contribution in [3.63, 3.8) is 0 Å². The summed E-state index contributed by atoms with van der Waals surface area (Å²) in [5.74, 6) is -0.168. The van der Waals surface area contributed by atoms with Gasteiger partial charge in [-0.05, 0) is 44.9 Å². The average molecular weight is 771 g/mol. The predicted octanol–water partition coefficient (Wildman–Crippen LogP) is 12.6. The molecule has 0 spiro atoms. The van der Waals surface area contributed by atoms with Crippen LogP contribution in [0.3, 0.4) is 0 Å². The summed E-state index contributed by atoms with van der Waals surface area (Å²) in [6.07, 6.45) is 46.1. The summed E-state index contributed by atoms with van der Waals surface area (Å²) < 4.78 is 22.2. The molecule has 53 heavy (non-hydrogen) atoms. The Balaban J connectivity index is 4.15. The highest BCUT2D eigenvalue weighted by molar-refractivity contribution is 7.47. The average Bonchev–Trinajstić information content (AvgIpc) is 3.14. The molecule has 0 bridgehead atoms. The van der Waals surface area contributed by atoms with Gasteiger partial charge in [0.1, 0.15) is 0 Å². The number of allylic oxidation sites excluding steroid dienone is 4. The summed E-state index contributed by atoms with van der Waals surface area (Å²) in [4.78, 5) is 22.7. The molecule has 0 aromatic carbocycles. The first-order valence-electron chi connectivity index (χ1n) is 22.5. The van der Waals surface area contributed by atoms with E-state index in [1.165, 1.54) is 141 Å². The Labute approximate surface area is 327 Å². The van der Waals surface area contributed by atoms with Crippen LogP contribution < -0.4 is 11.1 Å². The molecule has 0 aliphatic heterocycles. The van der Waals surface area contributed by atoms with Gasteiger partial charge in [0.2, 0.25) is 5.91 Å². The fourth-order valence-electron chi connectivity index (χ4n) is 6.64. The van der Waals surface area contributed by atoms with E-state index in [4.69, 9.17) is 14.8 Å². The zero-order chi connectivity index (χ0) is 38.9. The van der Waals surface area contributed by atoms with Crippen LogP contribution >= 0.6 is 7.82 Å². The number of amides is 1. The zero-order valence-corrected chi connectivity index (χ0v) is 35.7. The van der Waals surface area contributed by atoms with Gasteiger partial charge in [0.25, 0.3) is 0 Å². The first-order chi connectivity index (χ1) is 25.9. The van der Waals surface area contributed by atoms with Gasteiger partial charge in [-0.2, -0.15) is 0 Å². The molecule has 8 nitrogen and oxygen atoms in total. The number of hydrogen-bond acceptors (Lipinski definition) is 6. The van der Waals surface area contributed by atoms with E-state index in [9.17, 15) is 19.4 Å². The van der Waals surface area contributed by atoms with Crippen molar-refractivity contribution in [2.75, 3.05) is 19.8 Å². The molecule has 0 fully saturated rings. The molecular weight excluding hydrogens is 683 g/mol. The number of aliphatic hydroxyl groups excluding tert-OH is 1. The van der Waals surface area contributed by atoms with Crippen molar-refractivity contribution >= 4 is 13.7 Å². The highest BCUT2D eigenvalue weighted by atomic mass is 31.2. The molecular formula is C44H87N2O6P. The maximum Gasteiger partial charge on any atom is 0.472 e.